The average molecular weight is 305 g/mol. The number of aryl methyl sites for hydroxylation is 1. The van der Waals surface area contributed by atoms with Gasteiger partial charge in [-0.3, -0.25) is 9.78 Å². The molecule has 1 heterocycles. The third-order valence-electron chi connectivity index (χ3n) is 2.85. The van der Waals surface area contributed by atoms with Crippen LogP contribution in [0.2, 0.25) is 5.02 Å². The van der Waals surface area contributed by atoms with Gasteiger partial charge in [0.05, 0.1) is 16.3 Å². The molecule has 0 aliphatic rings. The minimum absolute atomic E-state index is 0.0713. The maximum Gasteiger partial charge on any atom is 0.335 e. The van der Waals surface area contributed by atoms with E-state index in [4.69, 9.17) is 16.7 Å². The fraction of sp³-hybridized carbons (Fsp3) is 0.133. The molecule has 2 rings (SSSR count). The van der Waals surface area contributed by atoms with Gasteiger partial charge >= 0.3 is 5.97 Å². The number of pyridine rings is 1. The summed E-state index contributed by atoms with van der Waals surface area (Å²) < 4.78 is 0. The molecule has 1 aromatic carbocycles. The van der Waals surface area contributed by atoms with Crippen molar-refractivity contribution in [2.45, 2.75) is 12.8 Å². The first-order valence-electron chi connectivity index (χ1n) is 6.28. The standard InChI is InChI=1S/C15H13ClN2O3/c16-12-5-4-11(15(20)21)8-13(12)18-14(19)6-3-10-2-1-7-17-9-10/h1-2,4-5,7-9H,3,6H2,(H,18,19)(H,20,21). The second-order valence-electron chi connectivity index (χ2n) is 4.41. The van der Waals surface area contributed by atoms with Crippen molar-refractivity contribution in [1.29, 1.82) is 0 Å². The third kappa shape index (κ3) is 4.29. The van der Waals surface area contributed by atoms with Crippen LogP contribution < -0.4 is 5.32 Å². The van der Waals surface area contributed by atoms with Gasteiger partial charge in [0.1, 0.15) is 0 Å². The van der Waals surface area contributed by atoms with E-state index in [2.05, 4.69) is 10.3 Å². The number of nitrogens with zero attached hydrogens (tertiary/aromatic N) is 1. The number of amides is 1. The topological polar surface area (TPSA) is 79.3 Å². The predicted molar refractivity (Wildman–Crippen MR) is 79.6 cm³/mol. The molecule has 1 aromatic heterocycles. The molecule has 0 unspecified atom stereocenters. The van der Waals surface area contributed by atoms with Crippen molar-refractivity contribution in [2.24, 2.45) is 0 Å². The highest BCUT2D eigenvalue weighted by atomic mass is 35.5. The zero-order valence-corrected chi connectivity index (χ0v) is 11.8. The summed E-state index contributed by atoms with van der Waals surface area (Å²) in [6, 6.07) is 7.86. The zero-order valence-electron chi connectivity index (χ0n) is 11.0. The van der Waals surface area contributed by atoms with E-state index in [1.807, 2.05) is 6.07 Å². The van der Waals surface area contributed by atoms with Crippen LogP contribution in [-0.4, -0.2) is 22.0 Å². The molecule has 2 N–H and O–H groups in total. The molecular weight excluding hydrogens is 292 g/mol. The summed E-state index contributed by atoms with van der Waals surface area (Å²) in [5.74, 6) is -1.30. The van der Waals surface area contributed by atoms with Crippen molar-refractivity contribution in [3.05, 3.63) is 58.9 Å². The Morgan fingerprint density at radius 1 is 1.29 bits per heavy atom. The van der Waals surface area contributed by atoms with Crippen LogP contribution in [0.4, 0.5) is 5.69 Å². The first-order chi connectivity index (χ1) is 10.1. The Morgan fingerprint density at radius 3 is 2.76 bits per heavy atom. The van der Waals surface area contributed by atoms with Crippen LogP contribution in [0.25, 0.3) is 0 Å². The highest BCUT2D eigenvalue weighted by molar-refractivity contribution is 6.33. The van der Waals surface area contributed by atoms with E-state index in [0.717, 1.165) is 5.56 Å². The molecule has 0 atom stereocenters. The Bertz CT molecular complexity index is 659. The summed E-state index contributed by atoms with van der Waals surface area (Å²) in [6.45, 7) is 0. The van der Waals surface area contributed by atoms with Gasteiger partial charge in [0.15, 0.2) is 0 Å². The summed E-state index contributed by atoms with van der Waals surface area (Å²) in [7, 11) is 0. The molecule has 21 heavy (non-hydrogen) atoms. The summed E-state index contributed by atoms with van der Waals surface area (Å²) in [6.07, 6.45) is 4.18. The van der Waals surface area contributed by atoms with E-state index < -0.39 is 5.97 Å². The number of carbonyl (C=O) groups excluding carboxylic acids is 1. The molecule has 0 bridgehead atoms. The lowest BCUT2D eigenvalue weighted by atomic mass is 10.1. The average Bonchev–Trinajstić information content (AvgIpc) is 2.48. The lowest BCUT2D eigenvalue weighted by molar-refractivity contribution is -0.116. The summed E-state index contributed by atoms with van der Waals surface area (Å²) in [5, 5.41) is 11.8. The molecule has 5 nitrogen and oxygen atoms in total. The van der Waals surface area contributed by atoms with Crippen molar-refractivity contribution in [3.8, 4) is 0 Å². The van der Waals surface area contributed by atoms with E-state index in [1.54, 1.807) is 18.5 Å². The van der Waals surface area contributed by atoms with Crippen LogP contribution in [0.1, 0.15) is 22.3 Å². The Morgan fingerprint density at radius 2 is 2.10 bits per heavy atom. The summed E-state index contributed by atoms with van der Waals surface area (Å²) in [4.78, 5) is 26.8. The normalized spacial score (nSPS) is 10.1. The van der Waals surface area contributed by atoms with Gasteiger partial charge in [-0.25, -0.2) is 4.79 Å². The molecule has 2 aromatic rings. The Labute approximate surface area is 126 Å². The number of benzene rings is 1. The monoisotopic (exact) mass is 304 g/mol. The van der Waals surface area contributed by atoms with Crippen LogP contribution >= 0.6 is 11.6 Å². The molecule has 0 aliphatic heterocycles. The Kier molecular flexibility index (Phi) is 4.90. The highest BCUT2D eigenvalue weighted by Crippen LogP contribution is 2.23. The second-order valence-corrected chi connectivity index (χ2v) is 4.82. The van der Waals surface area contributed by atoms with Crippen LogP contribution in [0, 0.1) is 0 Å². The zero-order chi connectivity index (χ0) is 15.2. The van der Waals surface area contributed by atoms with E-state index in [0.29, 0.717) is 17.1 Å². The van der Waals surface area contributed by atoms with Gasteiger partial charge in [-0.2, -0.15) is 0 Å². The number of hydrogen-bond donors (Lipinski definition) is 2. The molecular formula is C15H13ClN2O3. The van der Waals surface area contributed by atoms with Crippen LogP contribution in [0.5, 0.6) is 0 Å². The molecule has 0 aliphatic carbocycles. The third-order valence-corrected chi connectivity index (χ3v) is 3.18. The number of aromatic nitrogens is 1. The number of carboxylic acid groups (broad SMARTS) is 1. The molecule has 0 fully saturated rings. The fourth-order valence-corrected chi connectivity index (χ4v) is 1.94. The maximum absolute atomic E-state index is 11.9. The molecule has 0 radical (unpaired) electrons. The molecule has 1 amide bonds. The number of halogens is 1. The number of hydrogen-bond acceptors (Lipinski definition) is 3. The number of carbonyl (C=O) groups is 2. The van der Waals surface area contributed by atoms with Crippen molar-refractivity contribution in [2.75, 3.05) is 5.32 Å². The maximum atomic E-state index is 11.9. The van der Waals surface area contributed by atoms with E-state index in [1.165, 1.54) is 18.2 Å². The van der Waals surface area contributed by atoms with Gasteiger partial charge in [-0.15, -0.1) is 0 Å². The quantitative estimate of drug-likeness (QED) is 0.890. The minimum atomic E-state index is -1.07. The number of carboxylic acids is 1. The molecule has 0 saturated heterocycles. The van der Waals surface area contributed by atoms with Crippen molar-refractivity contribution < 1.29 is 14.7 Å². The van der Waals surface area contributed by atoms with Gasteiger partial charge in [0.2, 0.25) is 5.91 Å². The molecule has 0 saturated carbocycles. The van der Waals surface area contributed by atoms with Crippen LogP contribution in [0.3, 0.4) is 0 Å². The van der Waals surface area contributed by atoms with E-state index in [-0.39, 0.29) is 17.9 Å². The fourth-order valence-electron chi connectivity index (χ4n) is 1.77. The SMILES string of the molecule is O=C(CCc1cccnc1)Nc1cc(C(=O)O)ccc1Cl. The van der Waals surface area contributed by atoms with Gasteiger partial charge in [-0.05, 0) is 36.2 Å². The second kappa shape index (κ2) is 6.85. The predicted octanol–water partition coefficient (Wildman–Crippen LogP) is 3.00. The van der Waals surface area contributed by atoms with Gasteiger partial charge < -0.3 is 10.4 Å². The Balaban J connectivity index is 1.99. The van der Waals surface area contributed by atoms with Gasteiger partial charge in [0.25, 0.3) is 0 Å². The number of aromatic carboxylic acids is 1. The number of anilines is 1. The van der Waals surface area contributed by atoms with Crippen molar-refractivity contribution >= 4 is 29.2 Å². The summed E-state index contributed by atoms with van der Waals surface area (Å²) in [5.41, 5.74) is 1.33. The highest BCUT2D eigenvalue weighted by Gasteiger charge is 2.10. The van der Waals surface area contributed by atoms with Crippen molar-refractivity contribution in [3.63, 3.8) is 0 Å². The van der Waals surface area contributed by atoms with Gasteiger partial charge in [-0.1, -0.05) is 17.7 Å². The molecule has 6 heteroatoms. The lowest BCUT2D eigenvalue weighted by Crippen LogP contribution is -2.13. The molecule has 108 valence electrons. The largest absolute Gasteiger partial charge is 0.478 e. The Hall–Kier alpha value is -2.40. The number of rotatable bonds is 5. The smallest absolute Gasteiger partial charge is 0.335 e. The number of nitrogens with one attached hydrogen (secondary N) is 1. The van der Waals surface area contributed by atoms with Crippen molar-refractivity contribution in [1.82, 2.24) is 4.98 Å². The lowest BCUT2D eigenvalue weighted by Gasteiger charge is -2.08. The minimum Gasteiger partial charge on any atom is -0.478 e. The first kappa shape index (κ1) is 15.0. The van der Waals surface area contributed by atoms with E-state index >= 15 is 0 Å². The van der Waals surface area contributed by atoms with E-state index in [9.17, 15) is 9.59 Å². The van der Waals surface area contributed by atoms with Crippen LogP contribution in [-0.2, 0) is 11.2 Å². The first-order valence-corrected chi connectivity index (χ1v) is 6.65. The van der Waals surface area contributed by atoms with Gasteiger partial charge in [0, 0.05) is 18.8 Å². The van der Waals surface area contributed by atoms with Crippen LogP contribution in [0.15, 0.2) is 42.7 Å². The molecule has 0 spiro atoms. The summed E-state index contributed by atoms with van der Waals surface area (Å²) >= 11 is 5.94.